The van der Waals surface area contributed by atoms with Gasteiger partial charge in [-0.25, -0.2) is 0 Å². The molecule has 1 aromatic rings. The van der Waals surface area contributed by atoms with Gasteiger partial charge in [0.15, 0.2) is 5.78 Å². The van der Waals surface area contributed by atoms with E-state index in [-0.39, 0.29) is 17.7 Å². The Morgan fingerprint density at radius 2 is 1.83 bits per heavy atom. The maximum Gasteiger partial charge on any atom is 0.238 e. The quantitative estimate of drug-likeness (QED) is 0.539. The number of hydrogen-bond acceptors (Lipinski definition) is 4. The number of ketones is 1. The Morgan fingerprint density at radius 3 is 2.39 bits per heavy atom. The molecule has 0 spiro atoms. The molecule has 0 radical (unpaired) electrons. The number of hydrogen-bond donors (Lipinski definition) is 3. The highest BCUT2D eigenvalue weighted by Gasteiger charge is 2.23. The zero-order chi connectivity index (χ0) is 17.1. The fraction of sp³-hybridized carbons (Fsp3) is 0.556. The lowest BCUT2D eigenvalue weighted by molar-refractivity contribution is -0.128. The Bertz CT molecular complexity index is 476. The lowest BCUT2D eigenvalue weighted by atomic mass is 10.0. The molecule has 1 aromatic carbocycles. The van der Waals surface area contributed by atoms with Crippen LogP contribution in [-0.2, 0) is 16.0 Å². The molecule has 0 bridgehead atoms. The van der Waals surface area contributed by atoms with Crippen molar-refractivity contribution < 1.29 is 9.59 Å². The minimum absolute atomic E-state index is 0.00895. The van der Waals surface area contributed by atoms with Crippen molar-refractivity contribution in [2.24, 2.45) is 5.73 Å². The monoisotopic (exact) mass is 319 g/mol. The minimum Gasteiger partial charge on any atom is -0.345 e. The number of unbranched alkanes of at least 4 members (excludes halogenated alkanes) is 1. The number of carbonyl (C=O) groups is 2. The van der Waals surface area contributed by atoms with Crippen molar-refractivity contribution >= 4 is 11.7 Å². The van der Waals surface area contributed by atoms with Gasteiger partial charge in [0.05, 0.1) is 12.1 Å². The summed E-state index contributed by atoms with van der Waals surface area (Å²) in [6, 6.07) is 9.12. The lowest BCUT2D eigenvalue weighted by Crippen LogP contribution is -2.50. The summed E-state index contributed by atoms with van der Waals surface area (Å²) < 4.78 is 0. The summed E-state index contributed by atoms with van der Waals surface area (Å²) in [6.07, 6.45) is 2.95. The van der Waals surface area contributed by atoms with Crippen LogP contribution in [0.5, 0.6) is 0 Å². The van der Waals surface area contributed by atoms with Crippen molar-refractivity contribution in [1.29, 1.82) is 0 Å². The van der Waals surface area contributed by atoms with E-state index in [4.69, 9.17) is 5.73 Å². The first-order chi connectivity index (χ1) is 11.1. The van der Waals surface area contributed by atoms with E-state index in [1.807, 2.05) is 37.3 Å². The van der Waals surface area contributed by atoms with Crippen LogP contribution in [0.25, 0.3) is 0 Å². The second-order valence-electron chi connectivity index (χ2n) is 5.76. The van der Waals surface area contributed by atoms with Gasteiger partial charge in [-0.3, -0.25) is 9.59 Å². The molecule has 0 saturated carbocycles. The van der Waals surface area contributed by atoms with Gasteiger partial charge in [0.2, 0.25) is 5.91 Å². The average molecular weight is 319 g/mol. The van der Waals surface area contributed by atoms with E-state index >= 15 is 0 Å². The second-order valence-corrected chi connectivity index (χ2v) is 5.76. The molecule has 0 heterocycles. The Balaban J connectivity index is 2.65. The summed E-state index contributed by atoms with van der Waals surface area (Å²) in [5, 5.41) is 6.09. The second kappa shape index (κ2) is 10.9. The van der Waals surface area contributed by atoms with Crippen LogP contribution in [0, 0.1) is 0 Å². The topological polar surface area (TPSA) is 84.2 Å². The van der Waals surface area contributed by atoms with Crippen molar-refractivity contribution in [1.82, 2.24) is 10.6 Å². The van der Waals surface area contributed by atoms with E-state index in [0.717, 1.165) is 18.4 Å². The van der Waals surface area contributed by atoms with Crippen LogP contribution in [0.2, 0.25) is 0 Å². The zero-order valence-corrected chi connectivity index (χ0v) is 14.2. The van der Waals surface area contributed by atoms with Gasteiger partial charge in [0, 0.05) is 0 Å². The summed E-state index contributed by atoms with van der Waals surface area (Å²) >= 11 is 0. The zero-order valence-electron chi connectivity index (χ0n) is 14.2. The molecule has 0 unspecified atom stereocenters. The summed E-state index contributed by atoms with van der Waals surface area (Å²) in [5.74, 6) is -0.131. The van der Waals surface area contributed by atoms with E-state index in [0.29, 0.717) is 25.9 Å². The number of carbonyl (C=O) groups excluding carboxylic acids is 2. The number of nitrogens with one attached hydrogen (secondary N) is 2. The summed E-state index contributed by atoms with van der Waals surface area (Å²) in [5.41, 5.74) is 6.58. The predicted molar refractivity (Wildman–Crippen MR) is 93.1 cm³/mol. The van der Waals surface area contributed by atoms with Crippen molar-refractivity contribution in [2.45, 2.75) is 51.6 Å². The normalized spacial score (nSPS) is 13.3. The van der Waals surface area contributed by atoms with Crippen LogP contribution in [0.3, 0.4) is 0 Å². The van der Waals surface area contributed by atoms with Gasteiger partial charge in [0.1, 0.15) is 0 Å². The molecule has 1 rings (SSSR count). The smallest absolute Gasteiger partial charge is 0.238 e. The number of rotatable bonds is 11. The highest BCUT2D eigenvalue weighted by Crippen LogP contribution is 2.06. The van der Waals surface area contributed by atoms with E-state index < -0.39 is 6.04 Å². The van der Waals surface area contributed by atoms with Crippen LogP contribution in [0.15, 0.2) is 30.3 Å². The van der Waals surface area contributed by atoms with E-state index in [1.54, 1.807) is 0 Å². The predicted octanol–water partition coefficient (Wildman–Crippen LogP) is 1.41. The molecule has 2 atom stereocenters. The third kappa shape index (κ3) is 7.39. The Kier molecular flexibility index (Phi) is 9.17. The van der Waals surface area contributed by atoms with Crippen LogP contribution in [0.1, 0.15) is 38.7 Å². The summed E-state index contributed by atoms with van der Waals surface area (Å²) in [6.45, 7) is 4.79. The molecule has 0 aliphatic rings. The van der Waals surface area contributed by atoms with Crippen LogP contribution in [0.4, 0.5) is 0 Å². The van der Waals surface area contributed by atoms with E-state index in [2.05, 4.69) is 10.6 Å². The molecular formula is C18H29N3O2. The third-order valence-electron chi connectivity index (χ3n) is 3.80. The number of amides is 1. The van der Waals surface area contributed by atoms with Crippen LogP contribution in [-0.4, -0.2) is 36.9 Å². The molecule has 5 heteroatoms. The average Bonchev–Trinajstić information content (AvgIpc) is 2.54. The van der Waals surface area contributed by atoms with E-state index in [9.17, 15) is 9.59 Å². The first kappa shape index (κ1) is 19.3. The summed E-state index contributed by atoms with van der Waals surface area (Å²) in [7, 11) is 0. The van der Waals surface area contributed by atoms with Gasteiger partial charge < -0.3 is 16.4 Å². The lowest BCUT2D eigenvalue weighted by Gasteiger charge is -2.22. The van der Waals surface area contributed by atoms with Crippen molar-refractivity contribution in [2.75, 3.05) is 13.1 Å². The number of Topliss-reactive ketones (excluding diaryl/α,β-unsaturated/α-hetero) is 1. The Morgan fingerprint density at radius 1 is 1.13 bits per heavy atom. The Labute approximate surface area is 139 Å². The van der Waals surface area contributed by atoms with Crippen LogP contribution >= 0.6 is 0 Å². The highest BCUT2D eigenvalue weighted by atomic mass is 16.2. The molecule has 0 saturated heterocycles. The Hall–Kier alpha value is -1.72. The fourth-order valence-corrected chi connectivity index (χ4v) is 2.50. The molecule has 0 aromatic heterocycles. The molecule has 0 fully saturated rings. The molecule has 23 heavy (non-hydrogen) atoms. The highest BCUT2D eigenvalue weighted by molar-refractivity contribution is 5.89. The number of benzene rings is 1. The first-order valence-electron chi connectivity index (χ1n) is 8.36. The first-order valence-corrected chi connectivity index (χ1v) is 8.36. The van der Waals surface area contributed by atoms with Gasteiger partial charge in [-0.2, -0.15) is 0 Å². The number of nitrogens with two attached hydrogens (primary N) is 1. The molecule has 5 nitrogen and oxygen atoms in total. The standard InChI is InChI=1S/C18H29N3O2/c1-3-20-17(13-15-9-5-4-6-10-15)18(23)21-16(14(2)22)11-7-8-12-19/h4-6,9-10,16-17,20H,3,7-8,11-13,19H2,1-2H3,(H,21,23)/t16-,17-/m0/s1. The third-order valence-corrected chi connectivity index (χ3v) is 3.80. The largest absolute Gasteiger partial charge is 0.345 e. The minimum atomic E-state index is -0.425. The molecule has 0 aliphatic carbocycles. The van der Waals surface area contributed by atoms with Gasteiger partial charge in [-0.15, -0.1) is 0 Å². The van der Waals surface area contributed by atoms with Gasteiger partial charge in [-0.1, -0.05) is 37.3 Å². The molecule has 1 amide bonds. The van der Waals surface area contributed by atoms with Crippen molar-refractivity contribution in [3.63, 3.8) is 0 Å². The fourth-order valence-electron chi connectivity index (χ4n) is 2.50. The van der Waals surface area contributed by atoms with Gasteiger partial charge in [0.25, 0.3) is 0 Å². The van der Waals surface area contributed by atoms with E-state index in [1.165, 1.54) is 6.92 Å². The van der Waals surface area contributed by atoms with Crippen molar-refractivity contribution in [3.05, 3.63) is 35.9 Å². The number of likely N-dealkylation sites (N-methyl/N-ethyl adjacent to an activating group) is 1. The molecule has 0 aliphatic heterocycles. The van der Waals surface area contributed by atoms with Gasteiger partial charge in [-0.05, 0) is 51.3 Å². The van der Waals surface area contributed by atoms with Crippen molar-refractivity contribution in [3.8, 4) is 0 Å². The maximum atomic E-state index is 12.5. The van der Waals surface area contributed by atoms with Gasteiger partial charge >= 0.3 is 0 Å². The molecule has 4 N–H and O–H groups in total. The SMILES string of the molecule is CCN[C@@H](Cc1ccccc1)C(=O)N[C@@H](CCCCN)C(C)=O. The molecular weight excluding hydrogens is 290 g/mol. The maximum absolute atomic E-state index is 12.5. The van der Waals surface area contributed by atoms with Crippen LogP contribution < -0.4 is 16.4 Å². The summed E-state index contributed by atoms with van der Waals surface area (Å²) in [4.78, 5) is 24.3. The molecule has 128 valence electrons.